The first kappa shape index (κ1) is 17.5. The predicted octanol–water partition coefficient (Wildman–Crippen LogP) is 3.09. The van der Waals surface area contributed by atoms with Gasteiger partial charge in [0.2, 0.25) is 0 Å². The average Bonchev–Trinajstić information content (AvgIpc) is 3.22. The van der Waals surface area contributed by atoms with E-state index in [4.69, 9.17) is 4.74 Å². The first-order chi connectivity index (χ1) is 12.7. The standard InChI is InChI=1S/C20H22N4O2/c1-23(13-14-26-19-5-3-2-4-6-19)20(25)22-15-17-7-9-18(10-8-17)24-12-11-21-16-24/h2-12,16H,13-15H2,1H3,(H,22,25). The molecule has 3 aromatic rings. The Bertz CT molecular complexity index is 802. The highest BCUT2D eigenvalue weighted by Crippen LogP contribution is 2.10. The van der Waals surface area contributed by atoms with Gasteiger partial charge < -0.3 is 19.5 Å². The third kappa shape index (κ3) is 4.86. The van der Waals surface area contributed by atoms with Crippen LogP contribution in [0.2, 0.25) is 0 Å². The number of benzene rings is 2. The van der Waals surface area contributed by atoms with E-state index in [0.717, 1.165) is 17.0 Å². The van der Waals surface area contributed by atoms with Gasteiger partial charge in [-0.2, -0.15) is 0 Å². The van der Waals surface area contributed by atoms with Crippen molar-refractivity contribution in [3.05, 3.63) is 78.9 Å². The maximum Gasteiger partial charge on any atom is 0.317 e. The summed E-state index contributed by atoms with van der Waals surface area (Å²) < 4.78 is 7.54. The van der Waals surface area contributed by atoms with Crippen molar-refractivity contribution < 1.29 is 9.53 Å². The van der Waals surface area contributed by atoms with E-state index in [1.165, 1.54) is 0 Å². The summed E-state index contributed by atoms with van der Waals surface area (Å²) in [7, 11) is 1.76. The Balaban J connectivity index is 1.41. The van der Waals surface area contributed by atoms with E-state index in [1.807, 2.05) is 65.4 Å². The Labute approximate surface area is 153 Å². The summed E-state index contributed by atoms with van der Waals surface area (Å²) in [6.07, 6.45) is 5.39. The maximum atomic E-state index is 12.2. The lowest BCUT2D eigenvalue weighted by Crippen LogP contribution is -2.39. The van der Waals surface area contributed by atoms with E-state index in [0.29, 0.717) is 19.7 Å². The fourth-order valence-electron chi connectivity index (χ4n) is 2.43. The van der Waals surface area contributed by atoms with Crippen molar-refractivity contribution in [1.82, 2.24) is 19.8 Å². The van der Waals surface area contributed by atoms with E-state index < -0.39 is 0 Å². The number of amides is 2. The van der Waals surface area contributed by atoms with E-state index in [9.17, 15) is 4.79 Å². The van der Waals surface area contributed by atoms with Crippen molar-refractivity contribution >= 4 is 6.03 Å². The molecule has 6 nitrogen and oxygen atoms in total. The van der Waals surface area contributed by atoms with Gasteiger partial charge in [-0.15, -0.1) is 0 Å². The highest BCUT2D eigenvalue weighted by atomic mass is 16.5. The SMILES string of the molecule is CN(CCOc1ccccc1)C(=O)NCc1ccc(-n2ccnc2)cc1. The zero-order chi connectivity index (χ0) is 18.2. The molecule has 26 heavy (non-hydrogen) atoms. The number of carbonyl (C=O) groups is 1. The number of imidazole rings is 1. The first-order valence-corrected chi connectivity index (χ1v) is 8.46. The van der Waals surface area contributed by atoms with Crippen molar-refractivity contribution in [2.45, 2.75) is 6.54 Å². The second-order valence-electron chi connectivity index (χ2n) is 5.88. The van der Waals surface area contributed by atoms with Crippen molar-refractivity contribution in [1.29, 1.82) is 0 Å². The molecule has 1 heterocycles. The summed E-state index contributed by atoms with van der Waals surface area (Å²) >= 11 is 0. The molecule has 1 N–H and O–H groups in total. The Morgan fingerprint density at radius 2 is 1.92 bits per heavy atom. The molecular weight excluding hydrogens is 328 g/mol. The molecule has 134 valence electrons. The molecule has 2 aromatic carbocycles. The van der Waals surface area contributed by atoms with Crippen molar-refractivity contribution in [2.75, 3.05) is 20.2 Å². The van der Waals surface area contributed by atoms with E-state index in [1.54, 1.807) is 24.5 Å². The third-order valence-corrected chi connectivity index (χ3v) is 3.97. The quantitative estimate of drug-likeness (QED) is 0.712. The fraction of sp³-hybridized carbons (Fsp3) is 0.200. The van der Waals surface area contributed by atoms with Crippen LogP contribution in [0.5, 0.6) is 5.75 Å². The van der Waals surface area contributed by atoms with Crippen LogP contribution in [-0.2, 0) is 6.54 Å². The highest BCUT2D eigenvalue weighted by molar-refractivity contribution is 5.73. The van der Waals surface area contributed by atoms with Crippen LogP contribution in [0, 0.1) is 0 Å². The van der Waals surface area contributed by atoms with Crippen molar-refractivity contribution in [3.8, 4) is 11.4 Å². The fourth-order valence-corrected chi connectivity index (χ4v) is 2.43. The van der Waals surface area contributed by atoms with Crippen LogP contribution in [0.25, 0.3) is 5.69 Å². The number of nitrogens with zero attached hydrogens (tertiary/aromatic N) is 3. The maximum absolute atomic E-state index is 12.2. The van der Waals surface area contributed by atoms with Gasteiger partial charge in [-0.25, -0.2) is 9.78 Å². The van der Waals surface area contributed by atoms with Crippen LogP contribution in [0.3, 0.4) is 0 Å². The minimum atomic E-state index is -0.125. The largest absolute Gasteiger partial charge is 0.492 e. The summed E-state index contributed by atoms with van der Waals surface area (Å²) in [4.78, 5) is 17.8. The Morgan fingerprint density at radius 3 is 2.62 bits per heavy atom. The molecule has 1 aromatic heterocycles. The molecule has 0 aliphatic heterocycles. The highest BCUT2D eigenvalue weighted by Gasteiger charge is 2.08. The van der Waals surface area contributed by atoms with Gasteiger partial charge in [0.05, 0.1) is 12.9 Å². The summed E-state index contributed by atoms with van der Waals surface area (Å²) in [5.74, 6) is 0.805. The lowest BCUT2D eigenvalue weighted by molar-refractivity contribution is 0.195. The van der Waals surface area contributed by atoms with Crippen LogP contribution >= 0.6 is 0 Å². The molecule has 6 heteroatoms. The number of hydrogen-bond acceptors (Lipinski definition) is 3. The van der Waals surface area contributed by atoms with Gasteiger partial charge in [0.1, 0.15) is 12.4 Å². The molecule has 0 saturated carbocycles. The zero-order valence-electron chi connectivity index (χ0n) is 14.7. The van der Waals surface area contributed by atoms with Gasteiger partial charge in [-0.3, -0.25) is 0 Å². The number of hydrogen-bond donors (Lipinski definition) is 1. The minimum Gasteiger partial charge on any atom is -0.492 e. The Morgan fingerprint density at radius 1 is 1.15 bits per heavy atom. The molecule has 0 bridgehead atoms. The molecule has 0 aliphatic carbocycles. The minimum absolute atomic E-state index is 0.125. The second kappa shape index (κ2) is 8.71. The normalized spacial score (nSPS) is 10.3. The number of carbonyl (C=O) groups excluding carboxylic acids is 1. The smallest absolute Gasteiger partial charge is 0.317 e. The third-order valence-electron chi connectivity index (χ3n) is 3.97. The Hall–Kier alpha value is -3.28. The second-order valence-corrected chi connectivity index (χ2v) is 5.88. The van der Waals surface area contributed by atoms with Gasteiger partial charge in [0.15, 0.2) is 0 Å². The Kier molecular flexibility index (Phi) is 5.88. The van der Waals surface area contributed by atoms with Crippen LogP contribution in [0.4, 0.5) is 4.79 Å². The average molecular weight is 350 g/mol. The number of ether oxygens (including phenoxy) is 1. The molecule has 0 aliphatic rings. The van der Waals surface area contributed by atoms with E-state index >= 15 is 0 Å². The van der Waals surface area contributed by atoms with Crippen LogP contribution in [-0.4, -0.2) is 40.7 Å². The molecule has 0 spiro atoms. The lowest BCUT2D eigenvalue weighted by atomic mass is 10.2. The van der Waals surface area contributed by atoms with Crippen molar-refractivity contribution in [2.24, 2.45) is 0 Å². The molecule has 2 amide bonds. The van der Waals surface area contributed by atoms with Gasteiger partial charge in [0, 0.05) is 31.7 Å². The van der Waals surface area contributed by atoms with Gasteiger partial charge in [-0.1, -0.05) is 30.3 Å². The predicted molar refractivity (Wildman–Crippen MR) is 100 cm³/mol. The topological polar surface area (TPSA) is 59.4 Å². The number of para-hydroxylation sites is 1. The van der Waals surface area contributed by atoms with Gasteiger partial charge in [-0.05, 0) is 29.8 Å². The number of aromatic nitrogens is 2. The molecule has 0 radical (unpaired) electrons. The van der Waals surface area contributed by atoms with E-state index in [-0.39, 0.29) is 6.03 Å². The van der Waals surface area contributed by atoms with Crippen molar-refractivity contribution in [3.63, 3.8) is 0 Å². The van der Waals surface area contributed by atoms with Crippen LogP contribution in [0.15, 0.2) is 73.3 Å². The summed E-state index contributed by atoms with van der Waals surface area (Å²) in [6, 6.07) is 17.4. The monoisotopic (exact) mass is 350 g/mol. The lowest BCUT2D eigenvalue weighted by Gasteiger charge is -2.18. The number of likely N-dealkylation sites (N-methyl/N-ethyl adjacent to an activating group) is 1. The molecule has 0 unspecified atom stereocenters. The number of nitrogens with one attached hydrogen (secondary N) is 1. The van der Waals surface area contributed by atoms with Gasteiger partial charge in [0.25, 0.3) is 0 Å². The first-order valence-electron chi connectivity index (χ1n) is 8.46. The van der Waals surface area contributed by atoms with Crippen LogP contribution in [0.1, 0.15) is 5.56 Å². The number of rotatable bonds is 7. The number of urea groups is 1. The van der Waals surface area contributed by atoms with E-state index in [2.05, 4.69) is 10.3 Å². The summed E-state index contributed by atoms with van der Waals surface area (Å²) in [5, 5.41) is 2.91. The molecule has 3 rings (SSSR count). The summed E-state index contributed by atoms with van der Waals surface area (Å²) in [5.41, 5.74) is 2.07. The zero-order valence-corrected chi connectivity index (χ0v) is 14.7. The molecular formula is C20H22N4O2. The van der Waals surface area contributed by atoms with Gasteiger partial charge >= 0.3 is 6.03 Å². The molecule has 0 fully saturated rings. The molecule has 0 atom stereocenters. The molecule has 0 saturated heterocycles. The summed E-state index contributed by atoms with van der Waals surface area (Å²) in [6.45, 7) is 1.45. The van der Waals surface area contributed by atoms with Crippen LogP contribution < -0.4 is 10.1 Å².